The van der Waals surface area contributed by atoms with Gasteiger partial charge in [0.25, 0.3) is 0 Å². The summed E-state index contributed by atoms with van der Waals surface area (Å²) in [5.41, 5.74) is 13.3. The number of hydrogen-bond donors (Lipinski definition) is 0. The quantitative estimate of drug-likeness (QED) is 0.211. The third kappa shape index (κ3) is 3.65. The van der Waals surface area contributed by atoms with Crippen molar-refractivity contribution in [2.75, 3.05) is 0 Å². The summed E-state index contributed by atoms with van der Waals surface area (Å²) in [6.07, 6.45) is 14.5. The van der Waals surface area contributed by atoms with E-state index in [1.807, 2.05) is 0 Å². The fourth-order valence-electron chi connectivity index (χ4n) is 8.92. The molecule has 1 heteroatoms. The van der Waals surface area contributed by atoms with Gasteiger partial charge in [-0.05, 0) is 0 Å². The van der Waals surface area contributed by atoms with E-state index in [4.69, 9.17) is 4.21 Å². The first-order valence-electron chi connectivity index (χ1n) is 16.0. The topological polar surface area (TPSA) is 0 Å². The fourth-order valence-corrected chi connectivity index (χ4v) is 24.9. The first-order valence-corrected chi connectivity index (χ1v) is 23.1. The van der Waals surface area contributed by atoms with E-state index in [1.54, 1.807) is 6.56 Å². The number of hydrogen-bond acceptors (Lipinski definition) is 0. The Morgan fingerprint density at radius 3 is 2.10 bits per heavy atom. The molecule has 0 nitrogen and oxygen atoms in total. The van der Waals surface area contributed by atoms with Gasteiger partial charge < -0.3 is 0 Å². The molecule has 0 aliphatic heterocycles. The summed E-state index contributed by atoms with van der Waals surface area (Å²) in [7, 11) is 0. The minimum atomic E-state index is -4.23. The monoisotopic (exact) mass is 628 g/mol. The molecule has 4 aliphatic carbocycles. The number of allylic oxidation sites excluding steroid dienone is 6. The van der Waals surface area contributed by atoms with Gasteiger partial charge in [0.2, 0.25) is 0 Å². The van der Waals surface area contributed by atoms with E-state index in [2.05, 4.69) is 140 Å². The van der Waals surface area contributed by atoms with Crippen LogP contribution in [0.15, 0.2) is 85.0 Å². The van der Waals surface area contributed by atoms with Crippen molar-refractivity contribution in [3.63, 3.8) is 0 Å². The first-order chi connectivity index (χ1) is 19.7. The second-order valence-corrected chi connectivity index (χ2v) is 30.1. The molecule has 0 fully saturated rings. The third-order valence-corrected chi connectivity index (χ3v) is 29.5. The molecule has 0 heterocycles. The van der Waals surface area contributed by atoms with E-state index >= 15 is 0 Å². The molecule has 42 heavy (non-hydrogen) atoms. The predicted octanol–water partition coefficient (Wildman–Crippen LogP) is 10.3. The van der Waals surface area contributed by atoms with Crippen molar-refractivity contribution < 1.29 is 18.3 Å². The van der Waals surface area contributed by atoms with Gasteiger partial charge in [-0.3, -0.25) is 0 Å². The Bertz CT molecular complexity index is 1870. The van der Waals surface area contributed by atoms with Crippen LogP contribution in [-0.2, 0) is 35.5 Å². The molecule has 0 N–H and O–H groups in total. The molecule has 0 saturated heterocycles. The van der Waals surface area contributed by atoms with Crippen LogP contribution in [0.5, 0.6) is 0 Å². The molecule has 0 atom stereocenters. The van der Waals surface area contributed by atoms with E-state index in [1.165, 1.54) is 53.4 Å². The second kappa shape index (κ2) is 8.73. The summed E-state index contributed by atoms with van der Waals surface area (Å²) in [5.74, 6) is 0. The Morgan fingerprint density at radius 1 is 0.833 bits per heavy atom. The summed E-state index contributed by atoms with van der Waals surface area (Å²) < 4.78 is 11.4. The van der Waals surface area contributed by atoms with Crippen LogP contribution in [0.25, 0.3) is 23.3 Å². The predicted molar refractivity (Wildman–Crippen MR) is 182 cm³/mol. The third-order valence-electron chi connectivity index (χ3n) is 11.7. The Kier molecular flexibility index (Phi) is 5.85. The average Bonchev–Trinajstić information content (AvgIpc) is 3.71. The molecule has 0 spiro atoms. The Morgan fingerprint density at radius 2 is 1.48 bits per heavy atom. The van der Waals surface area contributed by atoms with Gasteiger partial charge in [0, 0.05) is 0 Å². The van der Waals surface area contributed by atoms with Gasteiger partial charge in [0.05, 0.1) is 0 Å². The van der Waals surface area contributed by atoms with Gasteiger partial charge in [-0.1, -0.05) is 0 Å². The van der Waals surface area contributed by atoms with Gasteiger partial charge in [-0.2, -0.15) is 0 Å². The van der Waals surface area contributed by atoms with Crippen LogP contribution in [0.2, 0.25) is 4.13 Å². The fraction of sp³-hybridized carbons (Fsp3) is 0.341. The Labute approximate surface area is 254 Å². The van der Waals surface area contributed by atoms with Crippen molar-refractivity contribution in [1.29, 1.82) is 0 Å². The van der Waals surface area contributed by atoms with Crippen LogP contribution in [0.1, 0.15) is 95.2 Å². The second-order valence-electron chi connectivity index (χ2n) is 15.8. The normalized spacial score (nSPS) is 19.6. The molecule has 0 amide bonds. The number of fused-ring (bicyclic) bond motifs is 5. The molecule has 7 rings (SSSR count). The van der Waals surface area contributed by atoms with Crippen LogP contribution in [0.3, 0.4) is 0 Å². The van der Waals surface area contributed by atoms with E-state index in [0.29, 0.717) is 0 Å². The average molecular weight is 630 g/mol. The minimum absolute atomic E-state index is 0.0736. The molecule has 0 unspecified atom stereocenters. The maximum atomic E-state index is 5.55. The SMILES string of the molecule is [CH2]=[Zr]([CH2]C)([C]1=CC(C(C)(C)C)=CC1)([C]1=Cc2cc3c(cc2C1(C)C)Cc1cc2c(cc1-3)C=CC2(C)C)[c]1ccccc1. The van der Waals surface area contributed by atoms with Crippen LogP contribution >= 0.6 is 0 Å². The van der Waals surface area contributed by atoms with E-state index < -0.39 is 18.3 Å². The van der Waals surface area contributed by atoms with E-state index in [0.717, 1.165) is 17.0 Å². The zero-order valence-electron chi connectivity index (χ0n) is 26.9. The molecule has 0 aromatic heterocycles. The van der Waals surface area contributed by atoms with Crippen molar-refractivity contribution in [2.45, 2.75) is 83.2 Å². The summed E-state index contributed by atoms with van der Waals surface area (Å²) >= 11 is -4.23. The molecular weight excluding hydrogens is 584 g/mol. The van der Waals surface area contributed by atoms with Crippen LogP contribution < -0.4 is 3.27 Å². The Balaban J connectivity index is 1.43. The van der Waals surface area contributed by atoms with Crippen LogP contribution in [0.4, 0.5) is 0 Å². The molecule has 214 valence electrons. The molecule has 3 aromatic rings. The van der Waals surface area contributed by atoms with Crippen molar-refractivity contribution in [3.05, 3.63) is 118 Å². The first kappa shape index (κ1) is 28.2. The molecule has 0 saturated carbocycles. The van der Waals surface area contributed by atoms with Gasteiger partial charge in [0.15, 0.2) is 0 Å². The standard InChI is InChI=1S/C23H21.C9H13.C6H5.C2H5.CH2.Zr/c1-22(2)7-5-14-10-18-16(12-20(14)22)9-17-13-21-15(11-19(17)18)6-8-23(21,3)4;1-9(2,3)8-6-4-5-7-8;1-2-4-6-5-3-1;1-2;;/h5-7,10-13H,9H2,1-4H3;6-7H,4H2,1-3H3;1-5H;1H2,2H3;1H2;. The van der Waals surface area contributed by atoms with Crippen LogP contribution in [0, 0.1) is 5.41 Å². The number of rotatable bonds is 4. The molecule has 3 aromatic carbocycles. The Hall–Kier alpha value is -2.63. The molecule has 0 radical (unpaired) electrons. The number of benzene rings is 3. The zero-order chi connectivity index (χ0) is 29.9. The van der Waals surface area contributed by atoms with Crippen molar-refractivity contribution in [3.8, 4) is 11.1 Å². The van der Waals surface area contributed by atoms with E-state index in [9.17, 15) is 0 Å². The molecule has 0 bridgehead atoms. The van der Waals surface area contributed by atoms with Crippen molar-refractivity contribution >= 4 is 19.6 Å². The van der Waals surface area contributed by atoms with Gasteiger partial charge in [-0.15, -0.1) is 0 Å². The molecule has 4 aliphatic rings. The maximum absolute atomic E-state index is 5.55. The van der Waals surface area contributed by atoms with Crippen LogP contribution in [-0.4, -0.2) is 4.21 Å². The summed E-state index contributed by atoms with van der Waals surface area (Å²) in [6.45, 7) is 19.1. The summed E-state index contributed by atoms with van der Waals surface area (Å²) in [5, 5.41) is 0. The summed E-state index contributed by atoms with van der Waals surface area (Å²) in [6, 6.07) is 21.5. The van der Waals surface area contributed by atoms with Gasteiger partial charge in [0.1, 0.15) is 0 Å². The van der Waals surface area contributed by atoms with Crippen molar-refractivity contribution in [1.82, 2.24) is 0 Å². The zero-order valence-corrected chi connectivity index (χ0v) is 29.4. The van der Waals surface area contributed by atoms with Gasteiger partial charge >= 0.3 is 256 Å². The van der Waals surface area contributed by atoms with Crippen molar-refractivity contribution in [2.24, 2.45) is 5.41 Å². The summed E-state index contributed by atoms with van der Waals surface area (Å²) in [4.78, 5) is 0. The van der Waals surface area contributed by atoms with Gasteiger partial charge in [-0.25, -0.2) is 0 Å². The molecular formula is C41H46Zr. The van der Waals surface area contributed by atoms with E-state index in [-0.39, 0.29) is 16.2 Å².